The second-order valence-corrected chi connectivity index (χ2v) is 16.1. The number of carbonyl (C=O) groups excluding carboxylic acids is 3. The molecular formula is C48H70N8O6. The quantitative estimate of drug-likeness (QED) is 0.110. The Morgan fingerprint density at radius 1 is 0.645 bits per heavy atom. The summed E-state index contributed by atoms with van der Waals surface area (Å²) in [5.74, 6) is 0.257. The summed E-state index contributed by atoms with van der Waals surface area (Å²) in [6, 6.07) is 31.0. The highest BCUT2D eigenvalue weighted by Gasteiger charge is 2.53. The number of rotatable bonds is 15. The number of hydrogen-bond donors (Lipinski definition) is 3. The van der Waals surface area contributed by atoms with Gasteiger partial charge in [0.05, 0.1) is 32.7 Å². The second-order valence-electron chi connectivity index (χ2n) is 16.1. The topological polar surface area (TPSA) is 146 Å². The lowest BCUT2D eigenvalue weighted by molar-refractivity contribution is -0.129. The Hall–Kier alpha value is -4.56. The molecule has 4 N–H and O–H groups in total. The molecule has 338 valence electrons. The van der Waals surface area contributed by atoms with Crippen molar-refractivity contribution in [2.24, 2.45) is 5.73 Å². The molecule has 14 nitrogen and oxygen atoms in total. The molecule has 0 atom stereocenters. The van der Waals surface area contributed by atoms with E-state index in [4.69, 9.17) is 21.8 Å². The molecule has 0 saturated carbocycles. The van der Waals surface area contributed by atoms with Crippen LogP contribution in [0, 0.1) is 6.57 Å². The third-order valence-electron chi connectivity index (χ3n) is 11.7. The number of likely N-dealkylation sites (tertiary alicyclic amines) is 3. The van der Waals surface area contributed by atoms with Crippen LogP contribution in [0.1, 0.15) is 55.2 Å². The molecular weight excluding hydrogens is 785 g/mol. The Morgan fingerprint density at radius 3 is 1.48 bits per heavy atom. The lowest BCUT2D eigenvalue weighted by Gasteiger charge is -2.42. The number of nitrogens with one attached hydrogen (secondary N) is 2. The van der Waals surface area contributed by atoms with Crippen molar-refractivity contribution >= 4 is 17.7 Å². The van der Waals surface area contributed by atoms with E-state index in [0.29, 0.717) is 51.5 Å². The van der Waals surface area contributed by atoms with Crippen LogP contribution in [0.15, 0.2) is 91.0 Å². The van der Waals surface area contributed by atoms with Gasteiger partial charge in [0.15, 0.2) is 0 Å². The number of carbonyl (C=O) groups is 3. The zero-order valence-corrected chi connectivity index (χ0v) is 37.3. The fourth-order valence-electron chi connectivity index (χ4n) is 8.07. The highest BCUT2D eigenvalue weighted by molar-refractivity contribution is 6.07. The Labute approximate surface area is 369 Å². The first-order valence-electron chi connectivity index (χ1n) is 21.9. The number of nitrogens with zero attached hydrogens (tertiary/aromatic N) is 5. The van der Waals surface area contributed by atoms with Crippen molar-refractivity contribution < 1.29 is 28.6 Å². The van der Waals surface area contributed by atoms with Crippen molar-refractivity contribution in [3.63, 3.8) is 0 Å². The monoisotopic (exact) mass is 855 g/mol. The summed E-state index contributed by atoms with van der Waals surface area (Å²) in [5, 5.41) is 5.84. The van der Waals surface area contributed by atoms with Crippen LogP contribution in [-0.4, -0.2) is 149 Å². The molecule has 4 fully saturated rings. The van der Waals surface area contributed by atoms with Gasteiger partial charge in [-0.2, -0.15) is 0 Å². The van der Waals surface area contributed by atoms with E-state index < -0.39 is 5.54 Å². The fraction of sp³-hybridized carbons (Fsp3) is 0.542. The molecule has 4 aliphatic heterocycles. The Morgan fingerprint density at radius 2 is 1.08 bits per heavy atom. The molecule has 14 heteroatoms. The molecule has 4 aliphatic rings. The summed E-state index contributed by atoms with van der Waals surface area (Å²) in [6.45, 7) is 19.3. The number of benzene rings is 3. The minimum atomic E-state index is -0.692. The van der Waals surface area contributed by atoms with Crippen LogP contribution in [-0.2, 0) is 43.4 Å². The lowest BCUT2D eigenvalue weighted by atomic mass is 9.86. The lowest BCUT2D eigenvalue weighted by Crippen LogP contribution is -2.57. The molecule has 0 aliphatic carbocycles. The fourth-order valence-corrected chi connectivity index (χ4v) is 8.07. The summed E-state index contributed by atoms with van der Waals surface area (Å²) in [4.78, 5) is 48.1. The van der Waals surface area contributed by atoms with Crippen molar-refractivity contribution in [1.82, 2.24) is 30.2 Å². The molecule has 4 saturated heterocycles. The van der Waals surface area contributed by atoms with Gasteiger partial charge in [-0.1, -0.05) is 91.0 Å². The van der Waals surface area contributed by atoms with Crippen molar-refractivity contribution in [2.45, 2.75) is 69.4 Å². The molecule has 0 radical (unpaired) electrons. The summed E-state index contributed by atoms with van der Waals surface area (Å²) < 4.78 is 14.7. The standard InChI is InChI=1S/C17H23N3O3.C16H23N3O.C12H15NO.C3H9NO/c1-23-12-11-20-16(22)18-15(21)17(20)7-9-19(10-8-17)13-14-5-3-2-4-6-14;1-17-16(18-10-13-20-2)8-11-19(12-9-16)14-15-6-4-3-5-7-15;14-12-6-8-13(9-7-12)10-11-4-2-1-3-5-11;1-5-3-2-4/h2-6H,7-13H2,1H3,(H,18,21,22);3-7,18H,8-14H2,2H3;1-5H,6-10H2;2-4H2,1H3. The number of nitrogens with two attached hydrogens (primary N) is 1. The van der Waals surface area contributed by atoms with Crippen molar-refractivity contribution in [3.05, 3.63) is 119 Å². The van der Waals surface area contributed by atoms with Crippen LogP contribution in [0.4, 0.5) is 4.79 Å². The summed E-state index contributed by atoms with van der Waals surface area (Å²) in [7, 11) is 4.92. The number of ether oxygens (including phenoxy) is 3. The number of ketones is 1. The van der Waals surface area contributed by atoms with E-state index in [2.05, 4.69) is 95.6 Å². The van der Waals surface area contributed by atoms with E-state index in [0.717, 1.165) is 91.1 Å². The molecule has 0 aromatic heterocycles. The summed E-state index contributed by atoms with van der Waals surface area (Å²) in [5.41, 5.74) is 7.89. The number of methoxy groups -OCH3 is 3. The highest BCUT2D eigenvalue weighted by atomic mass is 16.5. The van der Waals surface area contributed by atoms with Crippen LogP contribution < -0.4 is 16.4 Å². The van der Waals surface area contributed by atoms with Crippen LogP contribution in [0.5, 0.6) is 0 Å². The number of amides is 3. The molecule has 3 aromatic rings. The van der Waals surface area contributed by atoms with Gasteiger partial charge in [-0.05, 0) is 29.5 Å². The molecule has 1 spiro atoms. The van der Waals surface area contributed by atoms with Crippen molar-refractivity contribution in [2.75, 3.05) is 100 Å². The maximum absolute atomic E-state index is 12.4. The van der Waals surface area contributed by atoms with Gasteiger partial charge >= 0.3 is 6.03 Å². The summed E-state index contributed by atoms with van der Waals surface area (Å²) in [6.07, 6.45) is 4.56. The average Bonchev–Trinajstić information content (AvgIpc) is 3.53. The minimum absolute atomic E-state index is 0.155. The smallest absolute Gasteiger partial charge is 0.325 e. The Kier molecular flexibility index (Phi) is 22.2. The van der Waals surface area contributed by atoms with Crippen LogP contribution >= 0.6 is 0 Å². The van der Waals surface area contributed by atoms with Gasteiger partial charge in [-0.15, -0.1) is 0 Å². The van der Waals surface area contributed by atoms with Gasteiger partial charge in [0.25, 0.3) is 11.6 Å². The predicted molar refractivity (Wildman–Crippen MR) is 243 cm³/mol. The first kappa shape index (κ1) is 50.1. The normalized spacial score (nSPS) is 18.6. The largest absolute Gasteiger partial charge is 0.383 e. The number of hydrogen-bond acceptors (Lipinski definition) is 11. The zero-order valence-electron chi connectivity index (χ0n) is 37.3. The minimum Gasteiger partial charge on any atom is -0.383 e. The molecule has 3 aromatic carbocycles. The van der Waals surface area contributed by atoms with E-state index in [1.807, 2.05) is 30.3 Å². The van der Waals surface area contributed by atoms with Gasteiger partial charge in [0, 0.05) is 113 Å². The SMILES string of the molecule is COCCN.COCCN1C(=O)NC(=O)C12CCN(Cc1ccccc1)CC2.O=C1CCN(Cc2ccccc2)CC1.[C-]#[N+]C1(NCCOC)CCN(Cc2ccccc2)CC1. The van der Waals surface area contributed by atoms with Crippen LogP contribution in [0.3, 0.4) is 0 Å². The Bertz CT molecular complexity index is 1750. The van der Waals surface area contributed by atoms with Crippen molar-refractivity contribution in [1.29, 1.82) is 0 Å². The van der Waals surface area contributed by atoms with E-state index >= 15 is 0 Å². The predicted octanol–water partition coefficient (Wildman–Crippen LogP) is 4.80. The van der Waals surface area contributed by atoms with Gasteiger partial charge in [0.1, 0.15) is 11.3 Å². The molecule has 0 unspecified atom stereocenters. The van der Waals surface area contributed by atoms with E-state index in [1.165, 1.54) is 16.7 Å². The molecule has 0 bridgehead atoms. The van der Waals surface area contributed by atoms with Gasteiger partial charge in [-0.3, -0.25) is 34.5 Å². The molecule has 4 heterocycles. The Balaban J connectivity index is 0.000000198. The third-order valence-corrected chi connectivity index (χ3v) is 11.7. The second kappa shape index (κ2) is 27.5. The first-order valence-corrected chi connectivity index (χ1v) is 21.9. The average molecular weight is 855 g/mol. The van der Waals surface area contributed by atoms with E-state index in [9.17, 15) is 14.4 Å². The summed E-state index contributed by atoms with van der Waals surface area (Å²) >= 11 is 0. The highest BCUT2D eigenvalue weighted by Crippen LogP contribution is 2.33. The maximum atomic E-state index is 12.4. The van der Waals surface area contributed by atoms with Crippen molar-refractivity contribution in [3.8, 4) is 0 Å². The third kappa shape index (κ3) is 16.3. The molecule has 3 amide bonds. The van der Waals surface area contributed by atoms with E-state index in [1.54, 1.807) is 26.2 Å². The molecule has 62 heavy (non-hydrogen) atoms. The first-order chi connectivity index (χ1) is 30.2. The zero-order chi connectivity index (χ0) is 44.5. The van der Waals surface area contributed by atoms with Gasteiger partial charge in [-0.25, -0.2) is 16.7 Å². The number of piperidine rings is 3. The van der Waals surface area contributed by atoms with E-state index in [-0.39, 0.29) is 17.6 Å². The van der Waals surface area contributed by atoms with Gasteiger partial charge < -0.3 is 24.8 Å². The van der Waals surface area contributed by atoms with Crippen LogP contribution in [0.2, 0.25) is 0 Å². The van der Waals surface area contributed by atoms with Crippen LogP contribution in [0.25, 0.3) is 4.85 Å². The van der Waals surface area contributed by atoms with Gasteiger partial charge in [0.2, 0.25) is 0 Å². The maximum Gasteiger partial charge on any atom is 0.325 e. The number of Topliss-reactive ketones (excluding diaryl/α,β-unsaturated/α-hetero) is 1. The number of imide groups is 1. The number of urea groups is 1. The molecule has 7 rings (SSSR count).